The van der Waals surface area contributed by atoms with Crippen molar-refractivity contribution >= 4 is 29.0 Å². The fourth-order valence-electron chi connectivity index (χ4n) is 3.56. The number of carbonyl (C=O) groups is 2. The molecule has 2 aromatic rings. The van der Waals surface area contributed by atoms with Crippen LogP contribution in [0.5, 0.6) is 0 Å². The first-order chi connectivity index (χ1) is 14.2. The van der Waals surface area contributed by atoms with Gasteiger partial charge in [0.15, 0.2) is 0 Å². The number of thiazole rings is 1. The number of aryl methyl sites for hydroxylation is 2. The van der Waals surface area contributed by atoms with Crippen LogP contribution in [0, 0.1) is 13.8 Å². The monoisotopic (exact) mass is 430 g/mol. The second-order valence-electron chi connectivity index (χ2n) is 8.06. The Morgan fingerprint density at radius 1 is 1.13 bits per heavy atom. The van der Waals surface area contributed by atoms with Gasteiger partial charge in [-0.25, -0.2) is 15.0 Å². The van der Waals surface area contributed by atoms with Crippen molar-refractivity contribution < 1.29 is 9.59 Å². The van der Waals surface area contributed by atoms with Crippen molar-refractivity contribution in [3.05, 3.63) is 33.2 Å². The smallest absolute Gasteiger partial charge is 0.265 e. The van der Waals surface area contributed by atoms with Crippen molar-refractivity contribution in [2.45, 2.75) is 46.1 Å². The molecular formula is C21H30N6O2S. The van der Waals surface area contributed by atoms with Gasteiger partial charge < -0.3 is 14.7 Å². The average molecular weight is 431 g/mol. The molecule has 0 unspecified atom stereocenters. The number of rotatable bonds is 5. The molecule has 8 nitrogen and oxygen atoms in total. The van der Waals surface area contributed by atoms with Crippen LogP contribution < -0.4 is 4.90 Å². The van der Waals surface area contributed by atoms with Crippen LogP contribution in [-0.2, 0) is 11.3 Å². The fraction of sp³-hybridized carbons (Fsp3) is 0.571. The normalized spacial score (nSPS) is 14.7. The van der Waals surface area contributed by atoms with Crippen molar-refractivity contribution in [1.29, 1.82) is 0 Å². The van der Waals surface area contributed by atoms with Gasteiger partial charge in [0.2, 0.25) is 5.91 Å². The van der Waals surface area contributed by atoms with Crippen molar-refractivity contribution in [3.63, 3.8) is 0 Å². The molecule has 1 aliphatic heterocycles. The molecule has 0 radical (unpaired) electrons. The summed E-state index contributed by atoms with van der Waals surface area (Å²) in [7, 11) is 5.67. The van der Waals surface area contributed by atoms with Crippen LogP contribution >= 0.6 is 11.3 Å². The van der Waals surface area contributed by atoms with Gasteiger partial charge in [-0.2, -0.15) is 0 Å². The third kappa shape index (κ3) is 4.95. The van der Waals surface area contributed by atoms with Crippen molar-refractivity contribution in [3.8, 4) is 0 Å². The van der Waals surface area contributed by atoms with E-state index in [1.54, 1.807) is 18.9 Å². The van der Waals surface area contributed by atoms with Gasteiger partial charge in [-0.15, -0.1) is 11.3 Å². The highest BCUT2D eigenvalue weighted by Crippen LogP contribution is 2.29. The molecular weight excluding hydrogens is 400 g/mol. The summed E-state index contributed by atoms with van der Waals surface area (Å²) in [5.41, 5.74) is 1.64. The number of carbonyl (C=O) groups excluding carboxylic acids is 2. The van der Waals surface area contributed by atoms with Crippen molar-refractivity contribution in [2.24, 2.45) is 0 Å². The molecule has 0 aliphatic carbocycles. The first kappa shape index (κ1) is 22.1. The molecule has 1 fully saturated rings. The largest absolute Gasteiger partial charge is 0.363 e. The highest BCUT2D eigenvalue weighted by molar-refractivity contribution is 7.13. The predicted octanol–water partition coefficient (Wildman–Crippen LogP) is 2.61. The van der Waals surface area contributed by atoms with E-state index in [0.29, 0.717) is 19.6 Å². The van der Waals surface area contributed by atoms with Crippen molar-refractivity contribution in [2.75, 3.05) is 39.1 Å². The second kappa shape index (κ2) is 9.07. The number of hydrogen-bond donors (Lipinski definition) is 0. The van der Waals surface area contributed by atoms with Crippen LogP contribution in [-0.4, -0.2) is 70.8 Å². The molecule has 1 saturated heterocycles. The maximum absolute atomic E-state index is 12.9. The molecule has 2 amide bonds. The van der Waals surface area contributed by atoms with E-state index in [9.17, 15) is 9.59 Å². The van der Waals surface area contributed by atoms with Crippen LogP contribution in [0.25, 0.3) is 0 Å². The molecule has 162 valence electrons. The summed E-state index contributed by atoms with van der Waals surface area (Å²) in [5, 5.41) is 0.919. The van der Waals surface area contributed by atoms with Crippen LogP contribution in [0.3, 0.4) is 0 Å². The van der Waals surface area contributed by atoms with Crippen LogP contribution in [0.15, 0.2) is 6.07 Å². The summed E-state index contributed by atoms with van der Waals surface area (Å²) in [6, 6.07) is 1.93. The molecule has 1 aliphatic rings. The highest BCUT2D eigenvalue weighted by atomic mass is 32.1. The highest BCUT2D eigenvalue weighted by Gasteiger charge is 2.28. The molecule has 0 atom stereocenters. The zero-order valence-corrected chi connectivity index (χ0v) is 19.4. The number of nitrogens with zero attached hydrogens (tertiary/aromatic N) is 6. The lowest BCUT2D eigenvalue weighted by Gasteiger charge is -2.31. The average Bonchev–Trinajstić information content (AvgIpc) is 3.05. The summed E-state index contributed by atoms with van der Waals surface area (Å²) >= 11 is 1.46. The quantitative estimate of drug-likeness (QED) is 0.725. The first-order valence-corrected chi connectivity index (χ1v) is 11.0. The van der Waals surface area contributed by atoms with Gasteiger partial charge >= 0.3 is 0 Å². The van der Waals surface area contributed by atoms with Crippen LogP contribution in [0.2, 0.25) is 0 Å². The SMILES string of the molecule is CC(=O)N(C)Cc1cc(N(C)C)nc(C2CCN(C(=O)c3sc(C)nc3C)CC2)n1. The van der Waals surface area contributed by atoms with E-state index in [2.05, 4.69) is 4.98 Å². The van der Waals surface area contributed by atoms with Gasteiger partial charge in [-0.05, 0) is 26.7 Å². The maximum atomic E-state index is 12.9. The molecule has 3 rings (SSSR count). The topological polar surface area (TPSA) is 82.5 Å². The van der Waals surface area contributed by atoms with E-state index in [-0.39, 0.29) is 17.7 Å². The van der Waals surface area contributed by atoms with Gasteiger partial charge in [0, 0.05) is 53.1 Å². The van der Waals surface area contributed by atoms with Crippen LogP contribution in [0.1, 0.15) is 57.6 Å². The lowest BCUT2D eigenvalue weighted by Crippen LogP contribution is -2.38. The fourth-order valence-corrected chi connectivity index (χ4v) is 4.45. The van der Waals surface area contributed by atoms with E-state index in [4.69, 9.17) is 9.97 Å². The Labute approximate surface area is 181 Å². The number of anilines is 1. The predicted molar refractivity (Wildman–Crippen MR) is 118 cm³/mol. The molecule has 9 heteroatoms. The lowest BCUT2D eigenvalue weighted by atomic mass is 9.95. The molecule has 2 aromatic heterocycles. The zero-order chi connectivity index (χ0) is 22.0. The third-order valence-electron chi connectivity index (χ3n) is 5.42. The van der Waals surface area contributed by atoms with E-state index >= 15 is 0 Å². The van der Waals surface area contributed by atoms with E-state index in [1.807, 2.05) is 43.8 Å². The lowest BCUT2D eigenvalue weighted by molar-refractivity contribution is -0.128. The van der Waals surface area contributed by atoms with E-state index in [0.717, 1.165) is 45.8 Å². The van der Waals surface area contributed by atoms with Gasteiger partial charge in [-0.3, -0.25) is 9.59 Å². The summed E-state index contributed by atoms with van der Waals surface area (Å²) in [5.74, 6) is 1.90. The Balaban J connectivity index is 1.74. The van der Waals surface area contributed by atoms with Crippen LogP contribution in [0.4, 0.5) is 5.82 Å². The maximum Gasteiger partial charge on any atom is 0.265 e. The van der Waals surface area contributed by atoms with E-state index in [1.165, 1.54) is 11.3 Å². The number of piperidine rings is 1. The standard InChI is InChI=1S/C21H30N6O2S/c1-13-19(30-14(2)22-13)21(29)27-9-7-16(8-10-27)20-23-17(12-26(6)15(3)28)11-18(24-20)25(4)5/h11,16H,7-10,12H2,1-6H3. The Kier molecular flexibility index (Phi) is 6.70. The molecule has 0 aromatic carbocycles. The van der Waals surface area contributed by atoms with E-state index < -0.39 is 0 Å². The van der Waals surface area contributed by atoms with Gasteiger partial charge in [0.25, 0.3) is 5.91 Å². The number of likely N-dealkylation sites (tertiary alicyclic amines) is 1. The number of hydrogen-bond acceptors (Lipinski definition) is 7. The van der Waals surface area contributed by atoms with Gasteiger partial charge in [-0.1, -0.05) is 0 Å². The second-order valence-corrected chi connectivity index (χ2v) is 9.26. The third-order valence-corrected chi connectivity index (χ3v) is 6.48. The summed E-state index contributed by atoms with van der Waals surface area (Å²) < 4.78 is 0. The Morgan fingerprint density at radius 2 is 1.80 bits per heavy atom. The first-order valence-electron chi connectivity index (χ1n) is 10.2. The summed E-state index contributed by atoms with van der Waals surface area (Å²) in [6.07, 6.45) is 1.64. The number of amides is 2. The minimum absolute atomic E-state index is 0.00184. The van der Waals surface area contributed by atoms with Gasteiger partial charge in [0.1, 0.15) is 16.5 Å². The van der Waals surface area contributed by atoms with Gasteiger partial charge in [0.05, 0.1) is 22.9 Å². The Morgan fingerprint density at radius 3 is 2.33 bits per heavy atom. The minimum atomic E-state index is 0.00184. The molecule has 3 heterocycles. The van der Waals surface area contributed by atoms with Crippen molar-refractivity contribution in [1.82, 2.24) is 24.8 Å². The summed E-state index contributed by atoms with van der Waals surface area (Å²) in [6.45, 7) is 7.18. The zero-order valence-electron chi connectivity index (χ0n) is 18.6. The molecule has 30 heavy (non-hydrogen) atoms. The Hall–Kier alpha value is -2.55. The summed E-state index contributed by atoms with van der Waals surface area (Å²) in [4.78, 5) is 44.7. The molecule has 0 N–H and O–H groups in total. The molecule has 0 bridgehead atoms. The molecule has 0 spiro atoms. The minimum Gasteiger partial charge on any atom is -0.363 e. The Bertz CT molecular complexity index is 934. The molecule has 0 saturated carbocycles. The number of aromatic nitrogens is 3.